The number of aryl methyl sites for hydroxylation is 1. The first kappa shape index (κ1) is 27.0. The van der Waals surface area contributed by atoms with Crippen molar-refractivity contribution in [3.63, 3.8) is 0 Å². The fourth-order valence-corrected chi connectivity index (χ4v) is 5.34. The molecule has 5 rings (SSSR count). The van der Waals surface area contributed by atoms with Gasteiger partial charge in [0.2, 0.25) is 11.7 Å². The fourth-order valence-electron chi connectivity index (χ4n) is 4.56. The Hall–Kier alpha value is -3.58. The first-order valence-corrected chi connectivity index (χ1v) is 13.3. The first-order valence-electron chi connectivity index (χ1n) is 12.4. The van der Waals surface area contributed by atoms with E-state index in [0.29, 0.717) is 66.8 Å². The highest BCUT2D eigenvalue weighted by atomic mass is 32.1. The van der Waals surface area contributed by atoms with E-state index in [4.69, 9.17) is 9.47 Å². The molecule has 0 saturated carbocycles. The lowest BCUT2D eigenvalue weighted by Crippen LogP contribution is -2.43. The molecule has 2 aliphatic rings. The van der Waals surface area contributed by atoms with Crippen molar-refractivity contribution in [2.45, 2.75) is 38.9 Å². The van der Waals surface area contributed by atoms with Crippen molar-refractivity contribution in [1.82, 2.24) is 20.3 Å². The molecule has 0 spiro atoms. The monoisotopic (exact) mass is 561 g/mol. The van der Waals surface area contributed by atoms with Gasteiger partial charge in [-0.1, -0.05) is 0 Å². The number of thiazole rings is 1. The molecule has 13 heteroatoms. The van der Waals surface area contributed by atoms with E-state index in [0.717, 1.165) is 17.3 Å². The number of hydrogen-bond donors (Lipinski definition) is 1. The molecular weight excluding hydrogens is 535 g/mol. The van der Waals surface area contributed by atoms with Crippen LogP contribution in [0, 0.1) is 12.8 Å². The molecule has 1 aromatic carbocycles. The van der Waals surface area contributed by atoms with Crippen molar-refractivity contribution >= 4 is 28.8 Å². The molecule has 1 atom stereocenters. The molecule has 2 aromatic heterocycles. The van der Waals surface area contributed by atoms with Crippen molar-refractivity contribution in [3.8, 4) is 16.3 Å². The summed E-state index contributed by atoms with van der Waals surface area (Å²) < 4.78 is 49.9. The zero-order valence-corrected chi connectivity index (χ0v) is 22.1. The Kier molecular flexibility index (Phi) is 7.54. The van der Waals surface area contributed by atoms with E-state index in [-0.39, 0.29) is 17.4 Å². The largest absolute Gasteiger partial charge is 0.489 e. The highest BCUT2D eigenvalue weighted by Gasteiger charge is 2.35. The van der Waals surface area contributed by atoms with E-state index in [9.17, 15) is 22.8 Å². The van der Waals surface area contributed by atoms with Crippen molar-refractivity contribution in [2.75, 3.05) is 31.3 Å². The number of nitrogens with one attached hydrogen (secondary N) is 1. The second-order valence-corrected chi connectivity index (χ2v) is 10.6. The van der Waals surface area contributed by atoms with E-state index < -0.39 is 23.9 Å². The van der Waals surface area contributed by atoms with Crippen LogP contribution in [0.1, 0.15) is 52.4 Å². The Morgan fingerprint density at radius 3 is 2.46 bits per heavy atom. The number of alkyl halides is 3. The molecule has 2 amide bonds. The molecule has 2 aliphatic heterocycles. The van der Waals surface area contributed by atoms with Gasteiger partial charge in [0.25, 0.3) is 5.91 Å². The molecular formula is C26H26F3N5O4S. The molecule has 1 N–H and O–H groups in total. The minimum atomic E-state index is -4.66. The van der Waals surface area contributed by atoms with E-state index >= 15 is 0 Å². The Labute approximate surface area is 226 Å². The van der Waals surface area contributed by atoms with Gasteiger partial charge < -0.3 is 19.7 Å². The Morgan fingerprint density at radius 1 is 1.10 bits per heavy atom. The summed E-state index contributed by atoms with van der Waals surface area (Å²) in [5, 5.41) is 3.43. The molecule has 1 unspecified atom stereocenters. The fraction of sp³-hybridized carbons (Fsp3) is 0.423. The van der Waals surface area contributed by atoms with Gasteiger partial charge in [0.15, 0.2) is 5.75 Å². The quantitative estimate of drug-likeness (QED) is 0.486. The normalized spacial score (nSPS) is 16.8. The molecule has 206 valence electrons. The number of anilines is 1. The molecule has 3 aromatic rings. The number of halogens is 3. The van der Waals surface area contributed by atoms with Gasteiger partial charge in [-0.05, 0) is 38.8 Å². The zero-order chi connectivity index (χ0) is 27.7. The summed E-state index contributed by atoms with van der Waals surface area (Å²) in [6, 6.07) is 2.59. The maximum absolute atomic E-state index is 13.5. The summed E-state index contributed by atoms with van der Waals surface area (Å²) in [7, 11) is 0. The highest BCUT2D eigenvalue weighted by molar-refractivity contribution is 7.15. The second-order valence-electron chi connectivity index (χ2n) is 9.41. The minimum absolute atomic E-state index is 0.0445. The van der Waals surface area contributed by atoms with Crippen LogP contribution >= 0.6 is 11.3 Å². The van der Waals surface area contributed by atoms with Crippen LogP contribution in [0.3, 0.4) is 0 Å². The summed E-state index contributed by atoms with van der Waals surface area (Å²) in [6.07, 6.45) is 0.390. The smallest absolute Gasteiger partial charge is 0.451 e. The van der Waals surface area contributed by atoms with E-state index in [1.807, 2.05) is 6.92 Å². The summed E-state index contributed by atoms with van der Waals surface area (Å²) in [4.78, 5) is 40.8. The number of carbonyl (C=O) groups excluding carboxylic acids is 2. The van der Waals surface area contributed by atoms with Crippen molar-refractivity contribution in [1.29, 1.82) is 0 Å². The van der Waals surface area contributed by atoms with Gasteiger partial charge >= 0.3 is 6.18 Å². The lowest BCUT2D eigenvalue weighted by Gasteiger charge is -2.34. The van der Waals surface area contributed by atoms with Gasteiger partial charge in [-0.25, -0.2) is 15.0 Å². The predicted octanol–water partition coefficient (Wildman–Crippen LogP) is 4.57. The lowest BCUT2D eigenvalue weighted by molar-refractivity contribution is -0.145. The summed E-state index contributed by atoms with van der Waals surface area (Å²) in [5.74, 6) is -1.48. The third-order valence-electron chi connectivity index (χ3n) is 6.64. The van der Waals surface area contributed by atoms with Gasteiger partial charge in [0.05, 0.1) is 23.8 Å². The first-order chi connectivity index (χ1) is 18.6. The van der Waals surface area contributed by atoms with E-state index in [1.165, 1.54) is 11.3 Å². The van der Waals surface area contributed by atoms with Crippen molar-refractivity contribution in [2.24, 2.45) is 5.92 Å². The van der Waals surface area contributed by atoms with Crippen LogP contribution in [-0.4, -0.2) is 53.1 Å². The molecule has 9 nitrogen and oxygen atoms in total. The number of benzene rings is 1. The van der Waals surface area contributed by atoms with Gasteiger partial charge in [0, 0.05) is 53.7 Å². The number of fused-ring (bicyclic) bond motifs is 1. The standard InChI is InChI=1S/C26H26F3N5O4S/c1-14-11-30-23(39-14)19-9-17(22(35)33-15(2)18-12-31-25(32-13-18)26(27,28)29)10-20-21(19)38-8-5-34(20)24(36)16-3-6-37-7-4-16/h9-13,15-16H,3-8H2,1-2H3,(H,33,35). The molecule has 0 radical (unpaired) electrons. The number of hydrogen-bond acceptors (Lipinski definition) is 8. The predicted molar refractivity (Wildman–Crippen MR) is 137 cm³/mol. The molecule has 0 bridgehead atoms. The molecule has 1 fully saturated rings. The highest BCUT2D eigenvalue weighted by Crippen LogP contribution is 2.44. The van der Waals surface area contributed by atoms with Crippen molar-refractivity contribution in [3.05, 3.63) is 52.6 Å². The van der Waals surface area contributed by atoms with Gasteiger partial charge in [-0.15, -0.1) is 11.3 Å². The summed E-state index contributed by atoms with van der Waals surface area (Å²) in [6.45, 7) is 5.22. The molecule has 1 saturated heterocycles. The maximum atomic E-state index is 13.5. The number of ether oxygens (including phenoxy) is 2. The Balaban J connectivity index is 1.47. The average Bonchev–Trinajstić information content (AvgIpc) is 3.37. The number of nitrogens with zero attached hydrogens (tertiary/aromatic N) is 4. The van der Waals surface area contributed by atoms with Gasteiger partial charge in [-0.3, -0.25) is 9.59 Å². The number of aromatic nitrogens is 3. The lowest BCUT2D eigenvalue weighted by atomic mass is 9.97. The van der Waals surface area contributed by atoms with Crippen molar-refractivity contribution < 1.29 is 32.2 Å². The minimum Gasteiger partial charge on any atom is -0.489 e. The van der Waals surface area contributed by atoms with Crippen LogP contribution in [0.4, 0.5) is 18.9 Å². The topological polar surface area (TPSA) is 107 Å². The molecule has 4 heterocycles. The van der Waals surface area contributed by atoms with Gasteiger partial charge in [0.1, 0.15) is 11.6 Å². The third-order valence-corrected chi connectivity index (χ3v) is 7.59. The molecule has 39 heavy (non-hydrogen) atoms. The Bertz CT molecular complexity index is 1370. The molecule has 0 aliphatic carbocycles. The number of carbonyl (C=O) groups is 2. The maximum Gasteiger partial charge on any atom is 0.451 e. The Morgan fingerprint density at radius 2 is 1.82 bits per heavy atom. The van der Waals surface area contributed by atoms with E-state index in [1.54, 1.807) is 30.2 Å². The summed E-state index contributed by atoms with van der Waals surface area (Å²) in [5.41, 5.74) is 1.64. The number of rotatable bonds is 5. The van der Waals surface area contributed by atoms with Crippen LogP contribution in [-0.2, 0) is 15.7 Å². The van der Waals surface area contributed by atoms with Crippen LogP contribution in [0.2, 0.25) is 0 Å². The summed E-state index contributed by atoms with van der Waals surface area (Å²) >= 11 is 1.43. The zero-order valence-electron chi connectivity index (χ0n) is 21.2. The number of amides is 2. The average molecular weight is 562 g/mol. The second kappa shape index (κ2) is 10.9. The van der Waals surface area contributed by atoms with E-state index in [2.05, 4.69) is 20.3 Å². The van der Waals surface area contributed by atoms with Crippen LogP contribution in [0.25, 0.3) is 10.6 Å². The van der Waals surface area contributed by atoms with Gasteiger partial charge in [-0.2, -0.15) is 13.2 Å². The van der Waals surface area contributed by atoms with Crippen LogP contribution in [0.5, 0.6) is 5.75 Å². The van der Waals surface area contributed by atoms with Crippen LogP contribution < -0.4 is 15.0 Å². The third kappa shape index (κ3) is 5.74. The SMILES string of the molecule is Cc1cnc(-c2cc(C(=O)NC(C)c3cnc(C(F)(F)F)nc3)cc3c2OCCN3C(=O)C2CCOCC2)s1. The van der Waals surface area contributed by atoms with Crippen LogP contribution in [0.15, 0.2) is 30.7 Å².